The lowest BCUT2D eigenvalue weighted by Crippen LogP contribution is -2.31. The maximum absolute atomic E-state index is 5.79. The average molecular weight is 312 g/mol. The number of hydrogen-bond donors (Lipinski definition) is 1. The highest BCUT2D eigenvalue weighted by atomic mass is 79.9. The van der Waals surface area contributed by atoms with E-state index < -0.39 is 0 Å². The van der Waals surface area contributed by atoms with Gasteiger partial charge in [-0.25, -0.2) is 0 Å². The third-order valence-corrected chi connectivity index (χ3v) is 4.83. The molecule has 1 unspecified atom stereocenters. The van der Waals surface area contributed by atoms with Gasteiger partial charge in [0.25, 0.3) is 0 Å². The molecule has 0 bridgehead atoms. The van der Waals surface area contributed by atoms with Crippen LogP contribution in [0.2, 0.25) is 0 Å². The summed E-state index contributed by atoms with van der Waals surface area (Å²) in [7, 11) is 0. The van der Waals surface area contributed by atoms with E-state index in [2.05, 4.69) is 54.2 Å². The molecule has 18 heavy (non-hydrogen) atoms. The Morgan fingerprint density at radius 1 is 1.33 bits per heavy atom. The van der Waals surface area contributed by atoms with Crippen LogP contribution in [0.3, 0.4) is 0 Å². The van der Waals surface area contributed by atoms with Gasteiger partial charge in [0.05, 0.1) is 0 Å². The number of aryl methyl sites for hydroxylation is 2. The van der Waals surface area contributed by atoms with Crippen LogP contribution in [0.15, 0.2) is 16.6 Å². The molecule has 0 radical (unpaired) electrons. The second-order valence-corrected chi connectivity index (χ2v) is 6.09. The molecule has 1 aliphatic rings. The van der Waals surface area contributed by atoms with Gasteiger partial charge in [-0.3, -0.25) is 0 Å². The Balaban J connectivity index is 1.76. The van der Waals surface area contributed by atoms with Gasteiger partial charge in [0.1, 0.15) is 12.4 Å². The Labute approximate surface area is 118 Å². The lowest BCUT2D eigenvalue weighted by molar-refractivity contribution is 0.303. The van der Waals surface area contributed by atoms with Crippen LogP contribution in [0.4, 0.5) is 0 Å². The maximum atomic E-state index is 5.79. The van der Waals surface area contributed by atoms with E-state index in [1.54, 1.807) is 0 Å². The molecular weight excluding hydrogens is 290 g/mol. The van der Waals surface area contributed by atoms with Crippen molar-refractivity contribution in [3.63, 3.8) is 0 Å². The number of halogens is 1. The van der Waals surface area contributed by atoms with E-state index in [0.29, 0.717) is 6.04 Å². The van der Waals surface area contributed by atoms with Gasteiger partial charge in [-0.2, -0.15) is 0 Å². The van der Waals surface area contributed by atoms with E-state index in [-0.39, 0.29) is 0 Å². The fourth-order valence-corrected chi connectivity index (χ4v) is 2.44. The van der Waals surface area contributed by atoms with Gasteiger partial charge in [-0.15, -0.1) is 0 Å². The fourth-order valence-electron chi connectivity index (χ4n) is 2.21. The first kappa shape index (κ1) is 13.9. The Morgan fingerprint density at radius 3 is 2.50 bits per heavy atom. The van der Waals surface area contributed by atoms with Crippen LogP contribution in [0.5, 0.6) is 5.75 Å². The minimum Gasteiger partial charge on any atom is -0.492 e. The average Bonchev–Trinajstić information content (AvgIpc) is 3.15. The predicted molar refractivity (Wildman–Crippen MR) is 79.3 cm³/mol. The lowest BCUT2D eigenvalue weighted by atomic mass is 10.1. The minimum absolute atomic E-state index is 0.641. The van der Waals surface area contributed by atoms with Crippen molar-refractivity contribution in [3.05, 3.63) is 27.7 Å². The lowest BCUT2D eigenvalue weighted by Gasteiger charge is -2.14. The molecule has 0 aliphatic heterocycles. The Hall–Kier alpha value is -0.540. The van der Waals surface area contributed by atoms with Crippen LogP contribution >= 0.6 is 15.9 Å². The highest BCUT2D eigenvalue weighted by Crippen LogP contribution is 2.32. The number of benzene rings is 1. The first-order valence-electron chi connectivity index (χ1n) is 6.71. The van der Waals surface area contributed by atoms with Gasteiger partial charge in [0.2, 0.25) is 0 Å². The molecule has 1 fully saturated rings. The standard InChI is InChI=1S/C15H22BrNO/c1-10-8-14(9-11(2)15(10)16)18-7-6-17-12(3)13-4-5-13/h8-9,12-13,17H,4-7H2,1-3H3. The molecule has 0 saturated heterocycles. The summed E-state index contributed by atoms with van der Waals surface area (Å²) in [5.74, 6) is 1.87. The van der Waals surface area contributed by atoms with Gasteiger partial charge in [0, 0.05) is 17.1 Å². The second-order valence-electron chi connectivity index (χ2n) is 5.30. The van der Waals surface area contributed by atoms with Crippen molar-refractivity contribution in [1.29, 1.82) is 0 Å². The number of ether oxygens (including phenoxy) is 1. The van der Waals surface area contributed by atoms with Gasteiger partial charge < -0.3 is 10.1 Å². The molecule has 0 amide bonds. The molecule has 1 aromatic rings. The first-order chi connectivity index (χ1) is 8.58. The summed E-state index contributed by atoms with van der Waals surface area (Å²) < 4.78 is 6.97. The molecule has 1 aromatic carbocycles. The molecule has 2 rings (SSSR count). The van der Waals surface area contributed by atoms with Crippen LogP contribution in [0, 0.1) is 19.8 Å². The van der Waals surface area contributed by atoms with Gasteiger partial charge >= 0.3 is 0 Å². The summed E-state index contributed by atoms with van der Waals surface area (Å²) in [5, 5.41) is 3.52. The summed E-state index contributed by atoms with van der Waals surface area (Å²) >= 11 is 3.57. The number of nitrogens with one attached hydrogen (secondary N) is 1. The molecule has 1 atom stereocenters. The Morgan fingerprint density at radius 2 is 1.94 bits per heavy atom. The third-order valence-electron chi connectivity index (χ3n) is 3.58. The smallest absolute Gasteiger partial charge is 0.119 e. The largest absolute Gasteiger partial charge is 0.492 e. The third kappa shape index (κ3) is 3.72. The molecule has 100 valence electrons. The highest BCUT2D eigenvalue weighted by molar-refractivity contribution is 9.10. The van der Waals surface area contributed by atoms with Crippen molar-refractivity contribution in [2.24, 2.45) is 5.92 Å². The zero-order valence-electron chi connectivity index (χ0n) is 11.4. The molecule has 3 heteroatoms. The maximum Gasteiger partial charge on any atom is 0.119 e. The summed E-state index contributed by atoms with van der Waals surface area (Å²) in [6, 6.07) is 4.81. The normalized spacial score (nSPS) is 16.7. The summed E-state index contributed by atoms with van der Waals surface area (Å²) in [4.78, 5) is 0. The molecule has 0 aromatic heterocycles. The van der Waals surface area contributed by atoms with Gasteiger partial charge in [-0.05, 0) is 62.8 Å². The van der Waals surface area contributed by atoms with Gasteiger partial charge in [0.15, 0.2) is 0 Å². The van der Waals surface area contributed by atoms with Crippen LogP contribution in [-0.4, -0.2) is 19.2 Å². The fraction of sp³-hybridized carbons (Fsp3) is 0.600. The van der Waals surface area contributed by atoms with Crippen LogP contribution in [0.1, 0.15) is 30.9 Å². The first-order valence-corrected chi connectivity index (χ1v) is 7.50. The van der Waals surface area contributed by atoms with E-state index >= 15 is 0 Å². The zero-order chi connectivity index (χ0) is 13.1. The van der Waals surface area contributed by atoms with Crippen LogP contribution < -0.4 is 10.1 Å². The van der Waals surface area contributed by atoms with Crippen molar-refractivity contribution in [1.82, 2.24) is 5.32 Å². The van der Waals surface area contributed by atoms with E-state index in [1.165, 1.54) is 28.4 Å². The summed E-state index contributed by atoms with van der Waals surface area (Å²) in [5.41, 5.74) is 2.45. The van der Waals surface area contributed by atoms with Crippen LogP contribution in [0.25, 0.3) is 0 Å². The van der Waals surface area contributed by atoms with Crippen molar-refractivity contribution in [2.75, 3.05) is 13.2 Å². The Bertz CT molecular complexity index is 392. The summed E-state index contributed by atoms with van der Waals surface area (Å²) in [6.07, 6.45) is 2.78. The van der Waals surface area contributed by atoms with Crippen molar-refractivity contribution < 1.29 is 4.74 Å². The van der Waals surface area contributed by atoms with Crippen molar-refractivity contribution in [3.8, 4) is 5.75 Å². The van der Waals surface area contributed by atoms with E-state index in [0.717, 1.165) is 24.8 Å². The molecule has 1 aliphatic carbocycles. The molecule has 1 N–H and O–H groups in total. The van der Waals surface area contributed by atoms with E-state index in [9.17, 15) is 0 Å². The summed E-state index contributed by atoms with van der Waals surface area (Å²) in [6.45, 7) is 8.11. The van der Waals surface area contributed by atoms with Crippen molar-refractivity contribution in [2.45, 2.75) is 39.7 Å². The van der Waals surface area contributed by atoms with E-state index in [4.69, 9.17) is 4.74 Å². The van der Waals surface area contributed by atoms with E-state index in [1.807, 2.05) is 0 Å². The monoisotopic (exact) mass is 311 g/mol. The molecule has 1 saturated carbocycles. The molecular formula is C15H22BrNO. The molecule has 0 heterocycles. The highest BCUT2D eigenvalue weighted by Gasteiger charge is 2.27. The number of hydrogen-bond acceptors (Lipinski definition) is 2. The SMILES string of the molecule is Cc1cc(OCCNC(C)C2CC2)cc(C)c1Br. The molecule has 0 spiro atoms. The molecule has 2 nitrogen and oxygen atoms in total. The number of rotatable bonds is 6. The van der Waals surface area contributed by atoms with Gasteiger partial charge in [-0.1, -0.05) is 15.9 Å². The van der Waals surface area contributed by atoms with Crippen LogP contribution in [-0.2, 0) is 0 Å². The Kier molecular flexibility index (Phi) is 4.68. The predicted octanol–water partition coefficient (Wildman–Crippen LogP) is 3.83. The quantitative estimate of drug-likeness (QED) is 0.806. The van der Waals surface area contributed by atoms with Crippen molar-refractivity contribution >= 4 is 15.9 Å². The topological polar surface area (TPSA) is 21.3 Å². The second kappa shape index (κ2) is 6.07. The zero-order valence-corrected chi connectivity index (χ0v) is 13.0. The minimum atomic E-state index is 0.641.